The summed E-state index contributed by atoms with van der Waals surface area (Å²) in [4.78, 5) is 11.9. The van der Waals surface area contributed by atoms with E-state index in [1.165, 1.54) is 0 Å². The standard InChI is InChI=1S/C13H15F3N2OS/c14-13(15,16)20-6-5-17-12(19)11-7-9-3-1-2-4-10(9)8-18-11/h1-4,11,18H,5-8H2,(H,17,19). The van der Waals surface area contributed by atoms with Crippen molar-refractivity contribution in [1.82, 2.24) is 10.6 Å². The molecule has 1 aliphatic rings. The molecule has 1 aliphatic heterocycles. The lowest BCUT2D eigenvalue weighted by Gasteiger charge is -2.25. The van der Waals surface area contributed by atoms with E-state index >= 15 is 0 Å². The van der Waals surface area contributed by atoms with Gasteiger partial charge in [0.1, 0.15) is 0 Å². The number of hydrogen-bond acceptors (Lipinski definition) is 3. The Morgan fingerprint density at radius 1 is 1.35 bits per heavy atom. The topological polar surface area (TPSA) is 41.1 Å². The fourth-order valence-corrected chi connectivity index (χ4v) is 2.54. The Bertz CT molecular complexity index is 479. The van der Waals surface area contributed by atoms with Crippen LogP contribution < -0.4 is 10.6 Å². The van der Waals surface area contributed by atoms with Crippen molar-refractivity contribution in [3.8, 4) is 0 Å². The molecule has 2 rings (SSSR count). The van der Waals surface area contributed by atoms with Crippen LogP contribution in [0.4, 0.5) is 13.2 Å². The highest BCUT2D eigenvalue weighted by Crippen LogP contribution is 2.29. The molecule has 1 aromatic carbocycles. The van der Waals surface area contributed by atoms with Gasteiger partial charge in [-0.15, -0.1) is 0 Å². The highest BCUT2D eigenvalue weighted by atomic mass is 32.2. The quantitative estimate of drug-likeness (QED) is 0.837. The number of alkyl halides is 3. The summed E-state index contributed by atoms with van der Waals surface area (Å²) in [6, 6.07) is 7.45. The molecule has 0 radical (unpaired) electrons. The molecule has 0 fully saturated rings. The van der Waals surface area contributed by atoms with Gasteiger partial charge in [-0.1, -0.05) is 24.3 Å². The van der Waals surface area contributed by atoms with Crippen LogP contribution in [0.25, 0.3) is 0 Å². The number of thioether (sulfide) groups is 1. The second-order valence-electron chi connectivity index (χ2n) is 4.49. The fraction of sp³-hybridized carbons (Fsp3) is 0.462. The Morgan fingerprint density at radius 3 is 2.75 bits per heavy atom. The lowest BCUT2D eigenvalue weighted by Crippen LogP contribution is -2.48. The van der Waals surface area contributed by atoms with Crippen LogP contribution in [0.2, 0.25) is 0 Å². The molecule has 0 saturated heterocycles. The number of nitrogens with one attached hydrogen (secondary N) is 2. The molecule has 1 heterocycles. The van der Waals surface area contributed by atoms with Gasteiger partial charge in [-0.05, 0) is 29.3 Å². The predicted molar refractivity (Wildman–Crippen MR) is 72.3 cm³/mol. The maximum atomic E-state index is 11.9. The van der Waals surface area contributed by atoms with Crippen LogP contribution in [0.1, 0.15) is 11.1 Å². The van der Waals surface area contributed by atoms with Crippen LogP contribution in [0, 0.1) is 0 Å². The second kappa shape index (κ2) is 6.49. The summed E-state index contributed by atoms with van der Waals surface area (Å²) in [5.74, 6) is -0.416. The first-order chi connectivity index (χ1) is 9.46. The third-order valence-corrected chi connectivity index (χ3v) is 3.80. The SMILES string of the molecule is O=C(NCCSC(F)(F)F)C1Cc2ccccc2CN1. The van der Waals surface area contributed by atoms with Crippen molar-refractivity contribution in [2.45, 2.75) is 24.5 Å². The number of carbonyl (C=O) groups is 1. The molecule has 20 heavy (non-hydrogen) atoms. The molecule has 1 atom stereocenters. The van der Waals surface area contributed by atoms with E-state index in [-0.39, 0.29) is 36.0 Å². The Hall–Kier alpha value is -1.21. The molecule has 1 unspecified atom stereocenters. The molecule has 0 aromatic heterocycles. The zero-order valence-corrected chi connectivity index (χ0v) is 11.5. The molecule has 3 nitrogen and oxygen atoms in total. The summed E-state index contributed by atoms with van der Waals surface area (Å²) in [6.45, 7) is 0.619. The van der Waals surface area contributed by atoms with Gasteiger partial charge in [0.2, 0.25) is 5.91 Å². The van der Waals surface area contributed by atoms with Gasteiger partial charge in [-0.25, -0.2) is 0 Å². The van der Waals surface area contributed by atoms with Crippen molar-refractivity contribution in [3.63, 3.8) is 0 Å². The number of amides is 1. The second-order valence-corrected chi connectivity index (χ2v) is 5.65. The van der Waals surface area contributed by atoms with E-state index in [0.29, 0.717) is 13.0 Å². The normalized spacial score (nSPS) is 18.4. The molecule has 7 heteroatoms. The van der Waals surface area contributed by atoms with Gasteiger partial charge in [0.15, 0.2) is 0 Å². The van der Waals surface area contributed by atoms with E-state index in [2.05, 4.69) is 10.6 Å². The Balaban J connectivity index is 1.77. The van der Waals surface area contributed by atoms with Gasteiger partial charge >= 0.3 is 5.51 Å². The first-order valence-electron chi connectivity index (χ1n) is 6.24. The molecule has 110 valence electrons. The van der Waals surface area contributed by atoms with Gasteiger partial charge in [-0.2, -0.15) is 13.2 Å². The molecule has 0 saturated carbocycles. The van der Waals surface area contributed by atoms with Gasteiger partial charge in [0.25, 0.3) is 0 Å². The Kier molecular flexibility index (Phi) is 4.93. The lowest BCUT2D eigenvalue weighted by atomic mass is 9.95. The Labute approximate surface area is 119 Å². The van der Waals surface area contributed by atoms with E-state index in [4.69, 9.17) is 0 Å². The van der Waals surface area contributed by atoms with Crippen LogP contribution in [0.5, 0.6) is 0 Å². The Morgan fingerprint density at radius 2 is 2.05 bits per heavy atom. The zero-order valence-electron chi connectivity index (χ0n) is 10.7. The summed E-state index contributed by atoms with van der Waals surface area (Å²) in [5.41, 5.74) is -1.98. The maximum Gasteiger partial charge on any atom is 0.441 e. The average Bonchev–Trinajstić information content (AvgIpc) is 2.42. The number of rotatable bonds is 4. The third kappa shape index (κ3) is 4.42. The number of benzene rings is 1. The van der Waals surface area contributed by atoms with Crippen LogP contribution >= 0.6 is 11.8 Å². The summed E-state index contributed by atoms with van der Waals surface area (Å²) in [7, 11) is 0. The smallest absolute Gasteiger partial charge is 0.354 e. The number of halogens is 3. The van der Waals surface area contributed by atoms with E-state index in [9.17, 15) is 18.0 Å². The largest absolute Gasteiger partial charge is 0.441 e. The van der Waals surface area contributed by atoms with E-state index in [1.54, 1.807) is 0 Å². The first kappa shape index (κ1) is 15.2. The summed E-state index contributed by atoms with van der Waals surface area (Å²) in [5, 5.41) is 5.62. The number of carbonyl (C=O) groups excluding carboxylic acids is 1. The van der Waals surface area contributed by atoms with Crippen molar-refractivity contribution >= 4 is 17.7 Å². The minimum atomic E-state index is -4.24. The average molecular weight is 304 g/mol. The van der Waals surface area contributed by atoms with Crippen molar-refractivity contribution in [2.75, 3.05) is 12.3 Å². The maximum absolute atomic E-state index is 11.9. The molecule has 1 amide bonds. The van der Waals surface area contributed by atoms with Gasteiger partial charge < -0.3 is 10.6 Å². The minimum absolute atomic E-state index is 0.0167. The van der Waals surface area contributed by atoms with Gasteiger partial charge in [-0.3, -0.25) is 4.79 Å². The molecule has 2 N–H and O–H groups in total. The van der Waals surface area contributed by atoms with Gasteiger partial charge in [0.05, 0.1) is 6.04 Å². The van der Waals surface area contributed by atoms with Crippen LogP contribution in [-0.2, 0) is 17.8 Å². The third-order valence-electron chi connectivity index (χ3n) is 3.06. The summed E-state index contributed by atoms with van der Waals surface area (Å²) < 4.78 is 35.8. The number of fused-ring (bicyclic) bond motifs is 1. The summed E-state index contributed by atoms with van der Waals surface area (Å²) >= 11 is -0.124. The molecular formula is C13H15F3N2OS. The summed E-state index contributed by atoms with van der Waals surface area (Å²) in [6.07, 6.45) is 0.564. The van der Waals surface area contributed by atoms with Crippen LogP contribution in [0.15, 0.2) is 24.3 Å². The monoisotopic (exact) mass is 304 g/mol. The molecule has 0 spiro atoms. The van der Waals surface area contributed by atoms with Gasteiger partial charge in [0, 0.05) is 18.8 Å². The molecule has 1 aromatic rings. The van der Waals surface area contributed by atoms with Crippen LogP contribution in [-0.4, -0.2) is 29.8 Å². The predicted octanol–water partition coefficient (Wildman–Crippen LogP) is 2.07. The highest BCUT2D eigenvalue weighted by Gasteiger charge is 2.28. The van der Waals surface area contributed by atoms with Crippen LogP contribution in [0.3, 0.4) is 0 Å². The van der Waals surface area contributed by atoms with E-state index in [1.807, 2.05) is 24.3 Å². The molecular weight excluding hydrogens is 289 g/mol. The highest BCUT2D eigenvalue weighted by molar-refractivity contribution is 8.00. The van der Waals surface area contributed by atoms with Crippen molar-refractivity contribution < 1.29 is 18.0 Å². The van der Waals surface area contributed by atoms with Crippen molar-refractivity contribution in [1.29, 1.82) is 0 Å². The minimum Gasteiger partial charge on any atom is -0.354 e. The van der Waals surface area contributed by atoms with Crippen molar-refractivity contribution in [2.24, 2.45) is 0 Å². The fourth-order valence-electron chi connectivity index (χ4n) is 2.10. The first-order valence-corrected chi connectivity index (χ1v) is 7.23. The zero-order chi connectivity index (χ0) is 14.6. The molecule has 0 aliphatic carbocycles. The lowest BCUT2D eigenvalue weighted by molar-refractivity contribution is -0.123. The van der Waals surface area contributed by atoms with E-state index in [0.717, 1.165) is 11.1 Å². The number of hydrogen-bond donors (Lipinski definition) is 2. The molecule has 0 bridgehead atoms. The van der Waals surface area contributed by atoms with Crippen molar-refractivity contribution in [3.05, 3.63) is 35.4 Å². The van der Waals surface area contributed by atoms with E-state index < -0.39 is 5.51 Å².